The number of hydrogen-bond acceptors (Lipinski definition) is 2. The Bertz CT molecular complexity index is 107. The van der Waals surface area contributed by atoms with Gasteiger partial charge in [-0.3, -0.25) is 0 Å². The van der Waals surface area contributed by atoms with E-state index in [1.54, 1.807) is 6.08 Å². The van der Waals surface area contributed by atoms with Crippen LogP contribution in [-0.4, -0.2) is 12.6 Å². The molecule has 0 saturated carbocycles. The maximum absolute atomic E-state index is 10.1. The molecule has 2 nitrogen and oxygen atoms in total. The molecule has 0 aromatic rings. The van der Waals surface area contributed by atoms with E-state index in [0.717, 1.165) is 12.6 Å². The minimum absolute atomic E-state index is 0. The van der Waals surface area contributed by atoms with Gasteiger partial charge in [0.1, 0.15) is 12.6 Å². The van der Waals surface area contributed by atoms with Gasteiger partial charge < -0.3 is 11.0 Å². The Labute approximate surface area is 74.3 Å². The normalized spacial score (nSPS) is 10.8. The fraction of sp³-hybridized carbons (Fsp3) is 0.429. The SMILES string of the molecule is C=CCC(C=O)CC=O.[H-].[Li+]. The molecular weight excluding hydrogens is 123 g/mol. The van der Waals surface area contributed by atoms with Crippen molar-refractivity contribution in [3.05, 3.63) is 12.7 Å². The Balaban J connectivity index is -0.000000320. The van der Waals surface area contributed by atoms with Gasteiger partial charge in [-0.25, -0.2) is 0 Å². The average molecular weight is 134 g/mol. The Morgan fingerprint density at radius 3 is 2.30 bits per heavy atom. The second kappa shape index (κ2) is 8.68. The van der Waals surface area contributed by atoms with Gasteiger partial charge in [-0.05, 0) is 6.42 Å². The Morgan fingerprint density at radius 2 is 2.00 bits per heavy atom. The van der Waals surface area contributed by atoms with E-state index in [2.05, 4.69) is 6.58 Å². The number of allylic oxidation sites excluding steroid dienone is 1. The van der Waals surface area contributed by atoms with E-state index in [1.165, 1.54) is 0 Å². The number of hydrogen-bond donors (Lipinski definition) is 0. The molecule has 0 aliphatic carbocycles. The van der Waals surface area contributed by atoms with Crippen LogP contribution in [-0.2, 0) is 9.59 Å². The number of carbonyl (C=O) groups is 2. The summed E-state index contributed by atoms with van der Waals surface area (Å²) in [4.78, 5) is 19.9. The first-order chi connectivity index (χ1) is 4.35. The van der Waals surface area contributed by atoms with E-state index in [1.807, 2.05) is 0 Å². The molecule has 1 unspecified atom stereocenters. The van der Waals surface area contributed by atoms with E-state index in [-0.39, 0.29) is 26.2 Å². The predicted molar refractivity (Wildman–Crippen MR) is 36.2 cm³/mol. The molecule has 0 aliphatic rings. The monoisotopic (exact) mass is 134 g/mol. The molecule has 0 bridgehead atoms. The van der Waals surface area contributed by atoms with Crippen LogP contribution in [0.1, 0.15) is 14.3 Å². The molecular formula is C7H11LiO2. The molecule has 3 heteroatoms. The smallest absolute Gasteiger partial charge is 1.00 e. The molecule has 0 spiro atoms. The standard InChI is InChI=1S/C7H10O2.Li.H/c1-2-3-7(6-9)4-5-8;;/h2,5-7H,1,3-4H2;;/q;+1;-1. The van der Waals surface area contributed by atoms with Crippen molar-refractivity contribution in [2.24, 2.45) is 5.92 Å². The van der Waals surface area contributed by atoms with Crippen molar-refractivity contribution in [1.82, 2.24) is 0 Å². The number of aldehydes is 2. The van der Waals surface area contributed by atoms with E-state index < -0.39 is 0 Å². The Kier molecular flexibility index (Phi) is 10.7. The van der Waals surface area contributed by atoms with Gasteiger partial charge in [0.15, 0.2) is 0 Å². The summed E-state index contributed by atoms with van der Waals surface area (Å²) in [7, 11) is 0. The van der Waals surface area contributed by atoms with Crippen LogP contribution in [0.25, 0.3) is 0 Å². The van der Waals surface area contributed by atoms with E-state index in [0.29, 0.717) is 12.8 Å². The first-order valence-electron chi connectivity index (χ1n) is 2.85. The second-order valence-electron chi connectivity index (χ2n) is 1.82. The van der Waals surface area contributed by atoms with E-state index >= 15 is 0 Å². The third-order valence-electron chi connectivity index (χ3n) is 1.06. The van der Waals surface area contributed by atoms with Gasteiger partial charge in [-0.2, -0.15) is 0 Å². The van der Waals surface area contributed by atoms with Crippen molar-refractivity contribution in [3.8, 4) is 0 Å². The molecule has 1 atom stereocenters. The first kappa shape index (κ1) is 12.4. The zero-order chi connectivity index (χ0) is 7.11. The molecule has 0 amide bonds. The third-order valence-corrected chi connectivity index (χ3v) is 1.06. The van der Waals surface area contributed by atoms with Crippen molar-refractivity contribution in [1.29, 1.82) is 0 Å². The largest absolute Gasteiger partial charge is 1.00 e. The molecule has 0 saturated heterocycles. The zero-order valence-electron chi connectivity index (χ0n) is 7.25. The third kappa shape index (κ3) is 5.81. The predicted octanol–water partition coefficient (Wildman–Crippen LogP) is -1.92. The second-order valence-corrected chi connectivity index (χ2v) is 1.82. The van der Waals surface area contributed by atoms with Crippen LogP contribution in [0.2, 0.25) is 0 Å². The van der Waals surface area contributed by atoms with Crippen LogP contribution in [0.5, 0.6) is 0 Å². The fourth-order valence-corrected chi connectivity index (χ4v) is 0.545. The van der Waals surface area contributed by atoms with Gasteiger partial charge >= 0.3 is 18.9 Å². The van der Waals surface area contributed by atoms with Crippen LogP contribution in [0.15, 0.2) is 12.7 Å². The van der Waals surface area contributed by atoms with Gasteiger partial charge in [0.25, 0.3) is 0 Å². The maximum atomic E-state index is 10.1. The van der Waals surface area contributed by atoms with Gasteiger partial charge in [0, 0.05) is 12.3 Å². The summed E-state index contributed by atoms with van der Waals surface area (Å²) in [6.45, 7) is 3.46. The van der Waals surface area contributed by atoms with Crippen molar-refractivity contribution >= 4 is 12.6 Å². The topological polar surface area (TPSA) is 34.1 Å². The van der Waals surface area contributed by atoms with Crippen molar-refractivity contribution in [3.63, 3.8) is 0 Å². The van der Waals surface area contributed by atoms with Crippen LogP contribution in [0.3, 0.4) is 0 Å². The van der Waals surface area contributed by atoms with Gasteiger partial charge in [-0.1, -0.05) is 6.08 Å². The molecule has 0 radical (unpaired) electrons. The van der Waals surface area contributed by atoms with Gasteiger partial charge in [0.05, 0.1) is 0 Å². The average Bonchev–Trinajstić information content (AvgIpc) is 1.88. The van der Waals surface area contributed by atoms with Gasteiger partial charge in [0.2, 0.25) is 0 Å². The molecule has 10 heavy (non-hydrogen) atoms. The van der Waals surface area contributed by atoms with E-state index in [9.17, 15) is 9.59 Å². The number of rotatable bonds is 5. The summed E-state index contributed by atoms with van der Waals surface area (Å²) >= 11 is 0. The van der Waals surface area contributed by atoms with Gasteiger partial charge in [-0.15, -0.1) is 6.58 Å². The maximum Gasteiger partial charge on any atom is 1.00 e. The van der Waals surface area contributed by atoms with Crippen LogP contribution in [0, 0.1) is 5.92 Å². The molecule has 0 aromatic carbocycles. The van der Waals surface area contributed by atoms with Crippen molar-refractivity contribution in [2.75, 3.05) is 0 Å². The number of carbonyl (C=O) groups excluding carboxylic acids is 2. The summed E-state index contributed by atoms with van der Waals surface area (Å²) in [5, 5.41) is 0. The molecule has 0 fully saturated rings. The molecule has 52 valence electrons. The Hall–Kier alpha value is -0.323. The molecule has 0 N–H and O–H groups in total. The summed E-state index contributed by atoms with van der Waals surface area (Å²) < 4.78 is 0. The first-order valence-corrected chi connectivity index (χ1v) is 2.85. The van der Waals surface area contributed by atoms with Crippen LogP contribution in [0.4, 0.5) is 0 Å². The molecule has 0 aromatic heterocycles. The van der Waals surface area contributed by atoms with Crippen LogP contribution >= 0.6 is 0 Å². The summed E-state index contributed by atoms with van der Waals surface area (Å²) in [5.74, 6) is -0.153. The quantitative estimate of drug-likeness (QED) is 0.249. The summed E-state index contributed by atoms with van der Waals surface area (Å²) in [6.07, 6.45) is 4.10. The van der Waals surface area contributed by atoms with Crippen LogP contribution < -0.4 is 18.9 Å². The minimum Gasteiger partial charge on any atom is -1.00 e. The minimum atomic E-state index is -0.153. The summed E-state index contributed by atoms with van der Waals surface area (Å²) in [5.41, 5.74) is 0. The zero-order valence-corrected chi connectivity index (χ0v) is 6.25. The molecule has 0 aliphatic heterocycles. The molecule has 0 heterocycles. The fourth-order valence-electron chi connectivity index (χ4n) is 0.545. The summed E-state index contributed by atoms with van der Waals surface area (Å²) in [6, 6.07) is 0. The Morgan fingerprint density at radius 1 is 1.40 bits per heavy atom. The molecule has 0 rings (SSSR count). The van der Waals surface area contributed by atoms with Crippen molar-refractivity contribution < 1.29 is 29.9 Å². The van der Waals surface area contributed by atoms with E-state index in [4.69, 9.17) is 0 Å². The van der Waals surface area contributed by atoms with Crippen molar-refractivity contribution in [2.45, 2.75) is 12.8 Å².